The van der Waals surface area contributed by atoms with Gasteiger partial charge in [-0.1, -0.05) is 119 Å². The van der Waals surface area contributed by atoms with Crippen LogP contribution in [0, 0.1) is 12.1 Å². The van der Waals surface area contributed by atoms with Crippen LogP contribution in [-0.2, 0) is 20.4 Å². The number of thiophene rings is 2. The summed E-state index contributed by atoms with van der Waals surface area (Å²) in [7, 11) is 0. The second-order valence-electron chi connectivity index (χ2n) is 14.7. The van der Waals surface area contributed by atoms with E-state index in [0.717, 1.165) is 65.7 Å². The maximum absolute atomic E-state index is 6.71. The number of benzene rings is 8. The zero-order valence-corrected chi connectivity index (χ0v) is 33.4. The molecule has 14 rings (SSSR count). The van der Waals surface area contributed by atoms with Crippen molar-refractivity contribution in [2.75, 3.05) is 0 Å². The predicted octanol–water partition coefficient (Wildman–Crippen LogP) is 14.0. The van der Waals surface area contributed by atoms with Crippen LogP contribution in [0.25, 0.3) is 117 Å². The molecule has 0 spiro atoms. The van der Waals surface area contributed by atoms with E-state index < -0.39 is 0 Å². The quantitative estimate of drug-likeness (QED) is 0.0988. The smallest absolute Gasteiger partial charge is 0.497 e. The average Bonchev–Trinajstić information content (AvgIpc) is 4.04. The molecule has 6 aromatic heterocycles. The van der Waals surface area contributed by atoms with Crippen LogP contribution in [0.1, 0.15) is 0 Å². The van der Waals surface area contributed by atoms with E-state index in [2.05, 4.69) is 154 Å². The molecule has 272 valence electrons. The summed E-state index contributed by atoms with van der Waals surface area (Å²) in [5.41, 5.74) is 8.09. The third-order valence-corrected chi connectivity index (χ3v) is 14.0. The first-order valence-electron chi connectivity index (χ1n) is 18.9. The number of para-hydroxylation sites is 4. The Morgan fingerprint density at radius 3 is 1.34 bits per heavy atom. The summed E-state index contributed by atoms with van der Waals surface area (Å²) in [6.45, 7) is 0. The monoisotopic (exact) mass is 866 g/mol. The second kappa shape index (κ2) is 11.8. The molecule has 8 heteroatoms. The van der Waals surface area contributed by atoms with Gasteiger partial charge in [0, 0.05) is 62.9 Å². The van der Waals surface area contributed by atoms with Gasteiger partial charge < -0.3 is 13.5 Å². The van der Waals surface area contributed by atoms with Crippen LogP contribution in [0.3, 0.4) is 0 Å². The van der Waals surface area contributed by atoms with E-state index >= 15 is 0 Å². The number of imidazole rings is 2. The first kappa shape index (κ1) is 32.7. The predicted molar refractivity (Wildman–Crippen MR) is 239 cm³/mol. The van der Waals surface area contributed by atoms with Gasteiger partial charge in [0.15, 0.2) is 0 Å². The molecule has 0 aliphatic rings. The molecular formula is C50H24N4OPdS2. The fourth-order valence-corrected chi connectivity index (χ4v) is 11.5. The van der Waals surface area contributed by atoms with Gasteiger partial charge in [-0.3, -0.25) is 9.97 Å². The Bertz CT molecular complexity index is 3840. The van der Waals surface area contributed by atoms with Crippen molar-refractivity contribution >= 4 is 140 Å². The van der Waals surface area contributed by atoms with Crippen LogP contribution in [0.4, 0.5) is 0 Å². The minimum atomic E-state index is 0. The van der Waals surface area contributed by atoms with Gasteiger partial charge in [0.1, 0.15) is 0 Å². The number of ether oxygens (including phenoxy) is 1. The molecule has 0 radical (unpaired) electrons. The van der Waals surface area contributed by atoms with E-state index in [-0.39, 0.29) is 20.4 Å². The molecule has 0 saturated heterocycles. The van der Waals surface area contributed by atoms with Crippen molar-refractivity contribution in [3.05, 3.63) is 158 Å². The van der Waals surface area contributed by atoms with Crippen molar-refractivity contribution in [1.82, 2.24) is 18.8 Å². The molecule has 58 heavy (non-hydrogen) atoms. The summed E-state index contributed by atoms with van der Waals surface area (Å²) < 4.78 is 16.5. The largest absolute Gasteiger partial charge is 2.00 e. The number of aromatic nitrogens is 4. The standard InChI is InChI=1S/C50H24N4OS2.Pd/c1-7-15-41-33(9-1)45-43(56-41)23-21-31-29-19-17-27(25-35(29)49-51-37-11-3-5-13-39(37)53(49)47(31)45)55-28-18-20-30-32-22-24-44-46(34-10-2-8-16-42(34)57-44)48(32)54-40-14-6-4-12-38(40)52-50(54)36(30)26-28;/h1-24H;/q-2;+2. The van der Waals surface area contributed by atoms with Crippen LogP contribution in [0.2, 0.25) is 0 Å². The Kier molecular flexibility index (Phi) is 6.66. The number of hydrogen-bond acceptors (Lipinski definition) is 5. The van der Waals surface area contributed by atoms with Crippen molar-refractivity contribution in [3.8, 4) is 11.5 Å². The average molecular weight is 867 g/mol. The SMILES string of the molecule is [Pd+2].[c-]1c(Oc2[c-]c3c(cc2)c2ccc4sc5ccccc5c4c2n2c4ccccc4nc32)ccc2c1c1nc3ccccc3n1c1c2ccc2sc3ccccc3c21. The molecule has 0 fully saturated rings. The van der Waals surface area contributed by atoms with E-state index in [1.54, 1.807) is 0 Å². The van der Waals surface area contributed by atoms with Crippen LogP contribution in [0.15, 0.2) is 146 Å². The minimum absolute atomic E-state index is 0. The molecule has 8 aromatic carbocycles. The zero-order chi connectivity index (χ0) is 36.9. The van der Waals surface area contributed by atoms with Gasteiger partial charge >= 0.3 is 20.4 Å². The summed E-state index contributed by atoms with van der Waals surface area (Å²) in [4.78, 5) is 10.5. The van der Waals surface area contributed by atoms with Crippen molar-refractivity contribution in [2.45, 2.75) is 0 Å². The van der Waals surface area contributed by atoms with Gasteiger partial charge in [-0.2, -0.15) is 0 Å². The molecule has 0 bridgehead atoms. The number of fused-ring (bicyclic) bond motifs is 24. The van der Waals surface area contributed by atoms with Gasteiger partial charge in [0.2, 0.25) is 0 Å². The number of nitrogens with zero attached hydrogens (tertiary/aromatic N) is 4. The summed E-state index contributed by atoms with van der Waals surface area (Å²) in [5.74, 6) is 1.20. The molecule has 0 atom stereocenters. The Labute approximate surface area is 350 Å². The molecule has 0 unspecified atom stereocenters. The minimum Gasteiger partial charge on any atom is -0.497 e. The van der Waals surface area contributed by atoms with Crippen molar-refractivity contribution in [3.63, 3.8) is 0 Å². The van der Waals surface area contributed by atoms with E-state index in [1.165, 1.54) is 51.4 Å². The van der Waals surface area contributed by atoms with E-state index in [0.29, 0.717) is 11.5 Å². The molecule has 6 heterocycles. The normalized spacial score (nSPS) is 12.3. The summed E-state index contributed by atoms with van der Waals surface area (Å²) in [6, 6.07) is 58.9. The summed E-state index contributed by atoms with van der Waals surface area (Å²) in [5, 5.41) is 11.4. The Hall–Kier alpha value is -6.40. The molecule has 5 nitrogen and oxygen atoms in total. The fourth-order valence-electron chi connectivity index (χ4n) is 9.32. The van der Waals surface area contributed by atoms with E-state index in [4.69, 9.17) is 14.7 Å². The summed E-state index contributed by atoms with van der Waals surface area (Å²) in [6.07, 6.45) is 0. The van der Waals surface area contributed by atoms with Gasteiger partial charge in [0.25, 0.3) is 0 Å². The molecular weight excluding hydrogens is 843 g/mol. The first-order chi connectivity index (χ1) is 28.2. The van der Waals surface area contributed by atoms with Crippen LogP contribution >= 0.6 is 22.7 Å². The zero-order valence-electron chi connectivity index (χ0n) is 30.2. The maximum atomic E-state index is 6.71. The molecule has 0 saturated carbocycles. The van der Waals surface area contributed by atoms with Gasteiger partial charge in [-0.15, -0.1) is 34.8 Å². The third-order valence-electron chi connectivity index (χ3n) is 11.7. The molecule has 14 aromatic rings. The maximum Gasteiger partial charge on any atom is 2.00 e. The third kappa shape index (κ3) is 4.27. The number of hydrogen-bond donors (Lipinski definition) is 0. The van der Waals surface area contributed by atoms with Crippen LogP contribution in [-0.4, -0.2) is 18.8 Å². The molecule has 0 amide bonds. The molecule has 0 aliphatic heterocycles. The van der Waals surface area contributed by atoms with Crippen molar-refractivity contribution < 1.29 is 25.2 Å². The van der Waals surface area contributed by atoms with E-state index in [9.17, 15) is 0 Å². The Morgan fingerprint density at radius 2 is 0.845 bits per heavy atom. The van der Waals surface area contributed by atoms with Gasteiger partial charge in [0.05, 0.1) is 33.4 Å². The number of rotatable bonds is 2. The van der Waals surface area contributed by atoms with Gasteiger partial charge in [-0.25, -0.2) is 0 Å². The van der Waals surface area contributed by atoms with E-state index in [1.807, 2.05) is 34.8 Å². The van der Waals surface area contributed by atoms with Crippen molar-refractivity contribution in [1.29, 1.82) is 0 Å². The van der Waals surface area contributed by atoms with Crippen LogP contribution in [0.5, 0.6) is 11.5 Å². The Balaban J connectivity index is 0.00000350. The van der Waals surface area contributed by atoms with Gasteiger partial charge in [-0.05, 0) is 59.3 Å². The summed E-state index contributed by atoms with van der Waals surface area (Å²) >= 11 is 3.67. The van der Waals surface area contributed by atoms with Crippen molar-refractivity contribution in [2.24, 2.45) is 0 Å². The second-order valence-corrected chi connectivity index (χ2v) is 16.9. The topological polar surface area (TPSA) is 43.8 Å². The fraction of sp³-hybridized carbons (Fsp3) is 0. The molecule has 0 aliphatic carbocycles. The molecule has 0 N–H and O–H groups in total. The first-order valence-corrected chi connectivity index (χ1v) is 20.5. The van der Waals surface area contributed by atoms with Crippen LogP contribution < -0.4 is 4.74 Å². The Morgan fingerprint density at radius 1 is 0.414 bits per heavy atom. The number of pyridine rings is 2.